The predicted molar refractivity (Wildman–Crippen MR) is 208 cm³/mol. The lowest BCUT2D eigenvalue weighted by atomic mass is 10.1. The van der Waals surface area contributed by atoms with E-state index < -0.39 is 32.5 Å². The van der Waals surface area contributed by atoms with E-state index in [1.807, 2.05) is 21.1 Å². The number of carbonyl (C=O) groups is 2. The van der Waals surface area contributed by atoms with Crippen LogP contribution in [-0.4, -0.2) is 70.0 Å². The summed E-state index contributed by atoms with van der Waals surface area (Å²) in [6, 6.07) is 0. The van der Waals surface area contributed by atoms with Gasteiger partial charge in [-0.15, -0.1) is 0 Å². The van der Waals surface area contributed by atoms with E-state index in [2.05, 4.69) is 38.2 Å². The molecule has 0 aromatic carbocycles. The zero-order valence-electron chi connectivity index (χ0n) is 33.6. The van der Waals surface area contributed by atoms with Gasteiger partial charge in [0.1, 0.15) is 19.8 Å². The Morgan fingerprint density at radius 3 is 1.47 bits per heavy atom. The van der Waals surface area contributed by atoms with Gasteiger partial charge in [0, 0.05) is 12.8 Å². The fraction of sp³-hybridized carbons (Fsp3) is 0.854. The topological polar surface area (TPSA) is 111 Å². The van der Waals surface area contributed by atoms with Gasteiger partial charge in [-0.2, -0.15) is 0 Å². The molecule has 10 heteroatoms. The van der Waals surface area contributed by atoms with E-state index in [0.29, 0.717) is 17.4 Å². The number of nitrogens with zero attached hydrogens (tertiary/aromatic N) is 1. The van der Waals surface area contributed by atoms with E-state index >= 15 is 0 Å². The molecule has 0 saturated carbocycles. The van der Waals surface area contributed by atoms with Gasteiger partial charge in [-0.1, -0.05) is 122 Å². The van der Waals surface area contributed by atoms with Crippen molar-refractivity contribution < 1.29 is 42.1 Å². The van der Waals surface area contributed by atoms with Crippen LogP contribution in [0.4, 0.5) is 0 Å². The fourth-order valence-electron chi connectivity index (χ4n) is 5.41. The maximum absolute atomic E-state index is 12.6. The summed E-state index contributed by atoms with van der Waals surface area (Å²) in [4.78, 5) is 37.4. The molecule has 0 aliphatic carbocycles. The SMILES string of the molecule is CCCCCC/C=C/CCCCCCCC(=O)OC[C@H](COP(=O)([O-])OCC[N+](C)(C)C)OC(=O)CCCCCCC/C=C/CCCCCCC. The summed E-state index contributed by atoms with van der Waals surface area (Å²) in [7, 11) is 1.16. The summed E-state index contributed by atoms with van der Waals surface area (Å²) in [5.74, 6) is -0.854. The molecule has 0 fully saturated rings. The van der Waals surface area contributed by atoms with Crippen molar-refractivity contribution in [2.75, 3.05) is 47.5 Å². The highest BCUT2D eigenvalue weighted by atomic mass is 31.2. The number of hydrogen-bond acceptors (Lipinski definition) is 8. The molecule has 2 atom stereocenters. The molecule has 0 aliphatic heterocycles. The lowest BCUT2D eigenvalue weighted by Crippen LogP contribution is -2.37. The number of ether oxygens (including phenoxy) is 2. The third-order valence-corrected chi connectivity index (χ3v) is 9.66. The van der Waals surface area contributed by atoms with Gasteiger partial charge in [0.05, 0.1) is 27.7 Å². The number of phosphoric acid groups is 1. The molecule has 0 N–H and O–H groups in total. The Balaban J connectivity index is 4.43. The van der Waals surface area contributed by atoms with Gasteiger partial charge in [0.2, 0.25) is 0 Å². The Hall–Kier alpha value is -1.51. The van der Waals surface area contributed by atoms with E-state index in [1.54, 1.807) is 0 Å². The smallest absolute Gasteiger partial charge is 0.306 e. The molecule has 0 saturated heterocycles. The van der Waals surface area contributed by atoms with Gasteiger partial charge >= 0.3 is 11.9 Å². The molecule has 0 aromatic heterocycles. The van der Waals surface area contributed by atoms with Gasteiger partial charge in [0.15, 0.2) is 6.10 Å². The second-order valence-electron chi connectivity index (χ2n) is 15.0. The zero-order valence-corrected chi connectivity index (χ0v) is 34.4. The molecule has 0 bridgehead atoms. The fourth-order valence-corrected chi connectivity index (χ4v) is 6.14. The molecule has 0 aliphatic rings. The quantitative estimate of drug-likeness (QED) is 0.0203. The molecular formula is C41H78NO8P. The third kappa shape index (κ3) is 38.0. The van der Waals surface area contributed by atoms with Crippen LogP contribution < -0.4 is 4.89 Å². The normalized spacial score (nSPS) is 13.9. The monoisotopic (exact) mass is 744 g/mol. The maximum atomic E-state index is 12.6. The van der Waals surface area contributed by atoms with E-state index in [9.17, 15) is 19.0 Å². The van der Waals surface area contributed by atoms with Crippen molar-refractivity contribution in [3.05, 3.63) is 24.3 Å². The van der Waals surface area contributed by atoms with Gasteiger partial charge in [0.25, 0.3) is 7.82 Å². The van der Waals surface area contributed by atoms with Gasteiger partial charge in [-0.25, -0.2) is 0 Å². The molecule has 0 aromatic rings. The van der Waals surface area contributed by atoms with Crippen molar-refractivity contribution in [3.63, 3.8) is 0 Å². The highest BCUT2D eigenvalue weighted by molar-refractivity contribution is 7.45. The molecular weight excluding hydrogens is 665 g/mol. The number of rotatable bonds is 37. The lowest BCUT2D eigenvalue weighted by Gasteiger charge is -2.28. The molecule has 9 nitrogen and oxygen atoms in total. The number of likely N-dealkylation sites (N-methyl/N-ethyl adjacent to an activating group) is 1. The second kappa shape index (κ2) is 34.3. The largest absolute Gasteiger partial charge is 0.756 e. The zero-order chi connectivity index (χ0) is 37.9. The Labute approximate surface area is 313 Å². The number of esters is 2. The highest BCUT2D eigenvalue weighted by Crippen LogP contribution is 2.38. The first-order valence-corrected chi connectivity index (χ1v) is 22.0. The Morgan fingerprint density at radius 1 is 0.588 bits per heavy atom. The second-order valence-corrected chi connectivity index (χ2v) is 16.4. The summed E-state index contributed by atoms with van der Waals surface area (Å²) in [6.07, 6.45) is 34.8. The van der Waals surface area contributed by atoms with Gasteiger partial charge < -0.3 is 27.9 Å². The van der Waals surface area contributed by atoms with Crippen LogP contribution in [0.3, 0.4) is 0 Å². The van der Waals surface area contributed by atoms with Crippen LogP contribution >= 0.6 is 7.82 Å². The minimum atomic E-state index is -4.62. The van der Waals surface area contributed by atoms with Crippen molar-refractivity contribution in [1.29, 1.82) is 0 Å². The Kier molecular flexibility index (Phi) is 33.3. The van der Waals surface area contributed by atoms with E-state index in [4.69, 9.17) is 18.5 Å². The predicted octanol–water partition coefficient (Wildman–Crippen LogP) is 10.6. The first-order valence-electron chi connectivity index (χ1n) is 20.5. The van der Waals surface area contributed by atoms with Crippen LogP contribution in [0, 0.1) is 0 Å². The number of allylic oxidation sites excluding steroid dienone is 4. The summed E-state index contributed by atoms with van der Waals surface area (Å²) >= 11 is 0. The first kappa shape index (κ1) is 49.5. The van der Waals surface area contributed by atoms with Gasteiger partial charge in [-0.05, 0) is 64.2 Å². The summed E-state index contributed by atoms with van der Waals surface area (Å²) < 4.78 is 33.8. The molecule has 0 amide bonds. The average Bonchev–Trinajstić information content (AvgIpc) is 3.07. The molecule has 0 spiro atoms. The van der Waals surface area contributed by atoms with Crippen molar-refractivity contribution in [2.24, 2.45) is 0 Å². The first-order chi connectivity index (χ1) is 24.5. The highest BCUT2D eigenvalue weighted by Gasteiger charge is 2.21. The van der Waals surface area contributed by atoms with Crippen molar-refractivity contribution in [1.82, 2.24) is 0 Å². The molecule has 300 valence electrons. The number of quaternary nitrogens is 1. The number of carbonyl (C=O) groups excluding carboxylic acids is 2. The maximum Gasteiger partial charge on any atom is 0.306 e. The third-order valence-electron chi connectivity index (χ3n) is 8.69. The standard InChI is InChI=1S/C41H78NO8P/c1-6-8-10-12-14-16-18-20-22-24-26-28-30-32-34-41(44)50-39(38-49-51(45,46)48-36-35-42(3,4)5)37-47-40(43)33-31-29-27-25-23-21-19-17-15-13-11-9-7-2/h17-20,39H,6-16,21-38H2,1-5H3/b19-17+,20-18+/t39-/m1/s1. The molecule has 0 radical (unpaired) electrons. The molecule has 0 heterocycles. The van der Waals surface area contributed by atoms with Crippen LogP contribution in [0.2, 0.25) is 0 Å². The Bertz CT molecular complexity index is 933. The van der Waals surface area contributed by atoms with Crippen LogP contribution in [0.25, 0.3) is 0 Å². The van der Waals surface area contributed by atoms with Crippen molar-refractivity contribution in [2.45, 2.75) is 180 Å². The number of hydrogen-bond donors (Lipinski definition) is 0. The van der Waals surface area contributed by atoms with Gasteiger partial charge in [-0.3, -0.25) is 14.2 Å². The average molecular weight is 744 g/mol. The summed E-state index contributed by atoms with van der Waals surface area (Å²) in [5.41, 5.74) is 0. The summed E-state index contributed by atoms with van der Waals surface area (Å²) in [5, 5.41) is 0. The van der Waals surface area contributed by atoms with E-state index in [1.165, 1.54) is 70.6 Å². The minimum absolute atomic E-state index is 0.0328. The van der Waals surface area contributed by atoms with Crippen molar-refractivity contribution >= 4 is 19.8 Å². The minimum Gasteiger partial charge on any atom is -0.756 e. The molecule has 0 rings (SSSR count). The van der Waals surface area contributed by atoms with Crippen LogP contribution in [0.15, 0.2) is 24.3 Å². The summed E-state index contributed by atoms with van der Waals surface area (Å²) in [6.45, 7) is 4.17. The molecule has 1 unspecified atom stereocenters. The van der Waals surface area contributed by atoms with E-state index in [0.717, 1.165) is 70.6 Å². The van der Waals surface area contributed by atoms with Crippen molar-refractivity contribution in [3.8, 4) is 0 Å². The van der Waals surface area contributed by atoms with Crippen LogP contribution in [0.1, 0.15) is 174 Å². The van der Waals surface area contributed by atoms with E-state index in [-0.39, 0.29) is 26.1 Å². The Morgan fingerprint density at radius 2 is 1.00 bits per heavy atom. The molecule has 51 heavy (non-hydrogen) atoms. The number of unbranched alkanes of at least 4 members (excludes halogenated alkanes) is 19. The van der Waals surface area contributed by atoms with Crippen LogP contribution in [0.5, 0.6) is 0 Å². The lowest BCUT2D eigenvalue weighted by molar-refractivity contribution is -0.870. The van der Waals surface area contributed by atoms with Crippen LogP contribution in [-0.2, 0) is 32.7 Å². The number of phosphoric ester groups is 1.